The molecule has 0 aliphatic heterocycles. The summed E-state index contributed by atoms with van der Waals surface area (Å²) in [6.45, 7) is 9.10. The van der Waals surface area contributed by atoms with Crippen LogP contribution >= 0.6 is 0 Å². The van der Waals surface area contributed by atoms with E-state index in [-0.39, 0.29) is 0 Å². The number of aryl methyl sites for hydroxylation is 2. The Bertz CT molecular complexity index is 770. The maximum absolute atomic E-state index is 5.59. The molecule has 2 aromatic heterocycles. The van der Waals surface area contributed by atoms with Crippen molar-refractivity contribution in [2.75, 3.05) is 0 Å². The van der Waals surface area contributed by atoms with Crippen LogP contribution in [-0.2, 0) is 6.54 Å². The minimum Gasteiger partial charge on any atom is -0.431 e. The fraction of sp³-hybridized carbons (Fsp3) is 0.375. The summed E-state index contributed by atoms with van der Waals surface area (Å²) in [6, 6.07) is 5.19. The molecule has 1 aromatic carbocycles. The van der Waals surface area contributed by atoms with E-state index in [4.69, 9.17) is 4.42 Å². The predicted octanol–water partition coefficient (Wildman–Crippen LogP) is 3.13. The van der Waals surface area contributed by atoms with Gasteiger partial charge < -0.3 is 9.73 Å². The smallest absolute Gasteiger partial charge is 0.307 e. The number of oxazole rings is 1. The van der Waals surface area contributed by atoms with Crippen LogP contribution in [0.4, 0.5) is 0 Å². The van der Waals surface area contributed by atoms with E-state index in [1.807, 2.05) is 4.57 Å². The molecule has 0 bridgehead atoms. The average molecular weight is 284 g/mol. The zero-order chi connectivity index (χ0) is 15.0. The van der Waals surface area contributed by atoms with E-state index in [0.29, 0.717) is 18.6 Å². The van der Waals surface area contributed by atoms with E-state index in [0.717, 1.165) is 16.7 Å². The molecule has 110 valence electrons. The van der Waals surface area contributed by atoms with Gasteiger partial charge in [-0.2, -0.15) is 4.98 Å². The van der Waals surface area contributed by atoms with Crippen LogP contribution in [-0.4, -0.2) is 20.6 Å². The predicted molar refractivity (Wildman–Crippen MR) is 82.6 cm³/mol. The van der Waals surface area contributed by atoms with E-state index in [1.54, 1.807) is 12.6 Å². The van der Waals surface area contributed by atoms with Crippen LogP contribution in [0.25, 0.3) is 17.0 Å². The molecule has 0 aliphatic rings. The van der Waals surface area contributed by atoms with Crippen molar-refractivity contribution in [3.8, 4) is 6.01 Å². The highest BCUT2D eigenvalue weighted by atomic mass is 16.4. The maximum atomic E-state index is 5.59. The fourth-order valence-electron chi connectivity index (χ4n) is 2.21. The summed E-state index contributed by atoms with van der Waals surface area (Å²) in [6.07, 6.45) is 3.45. The van der Waals surface area contributed by atoms with Crippen molar-refractivity contribution < 1.29 is 4.42 Å². The van der Waals surface area contributed by atoms with Crippen molar-refractivity contribution in [2.45, 2.75) is 40.3 Å². The number of aromatic nitrogens is 3. The Morgan fingerprint density at radius 1 is 1.24 bits per heavy atom. The second-order valence-electron chi connectivity index (χ2n) is 5.70. The van der Waals surface area contributed by atoms with Crippen molar-refractivity contribution in [1.29, 1.82) is 0 Å². The minimum absolute atomic E-state index is 0.421. The monoisotopic (exact) mass is 284 g/mol. The zero-order valence-corrected chi connectivity index (χ0v) is 12.8. The van der Waals surface area contributed by atoms with Crippen molar-refractivity contribution in [3.63, 3.8) is 0 Å². The van der Waals surface area contributed by atoms with Crippen LogP contribution < -0.4 is 5.32 Å². The first-order chi connectivity index (χ1) is 10.0. The van der Waals surface area contributed by atoms with Gasteiger partial charge in [-0.1, -0.05) is 13.8 Å². The first kappa shape index (κ1) is 13.8. The van der Waals surface area contributed by atoms with E-state index < -0.39 is 0 Å². The third-order valence-electron chi connectivity index (χ3n) is 3.60. The zero-order valence-electron chi connectivity index (χ0n) is 12.8. The van der Waals surface area contributed by atoms with E-state index in [9.17, 15) is 0 Å². The lowest BCUT2D eigenvalue weighted by Crippen LogP contribution is -2.21. The van der Waals surface area contributed by atoms with Gasteiger partial charge in [-0.3, -0.25) is 4.57 Å². The SMILES string of the molecule is Cc1cc2ncn(-c3nc(CNC(C)C)co3)c2cc1C. The van der Waals surface area contributed by atoms with Crippen LogP contribution in [0.5, 0.6) is 0 Å². The van der Waals surface area contributed by atoms with Gasteiger partial charge >= 0.3 is 6.01 Å². The lowest BCUT2D eigenvalue weighted by molar-refractivity contribution is 0.527. The van der Waals surface area contributed by atoms with Crippen molar-refractivity contribution in [1.82, 2.24) is 19.9 Å². The van der Waals surface area contributed by atoms with Gasteiger partial charge in [0.05, 0.1) is 16.7 Å². The molecule has 0 unspecified atom stereocenters. The number of nitrogens with one attached hydrogen (secondary N) is 1. The van der Waals surface area contributed by atoms with Crippen molar-refractivity contribution in [3.05, 3.63) is 41.5 Å². The van der Waals surface area contributed by atoms with E-state index in [1.165, 1.54) is 11.1 Å². The molecule has 0 atom stereocenters. The number of hydrogen-bond acceptors (Lipinski definition) is 4. The quantitative estimate of drug-likeness (QED) is 0.799. The molecule has 0 spiro atoms. The molecule has 0 fully saturated rings. The third-order valence-corrected chi connectivity index (χ3v) is 3.60. The highest BCUT2D eigenvalue weighted by Gasteiger charge is 2.11. The summed E-state index contributed by atoms with van der Waals surface area (Å²) < 4.78 is 7.48. The molecule has 0 saturated carbocycles. The van der Waals surface area contributed by atoms with Gasteiger partial charge in [0, 0.05) is 12.6 Å². The molecule has 5 heteroatoms. The molecule has 0 aliphatic carbocycles. The summed E-state index contributed by atoms with van der Waals surface area (Å²) in [5, 5.41) is 3.33. The summed E-state index contributed by atoms with van der Waals surface area (Å²) in [7, 11) is 0. The fourth-order valence-corrected chi connectivity index (χ4v) is 2.21. The molecule has 3 rings (SSSR count). The summed E-state index contributed by atoms with van der Waals surface area (Å²) in [4.78, 5) is 8.95. The Labute approximate surface area is 124 Å². The molecular weight excluding hydrogens is 264 g/mol. The number of benzene rings is 1. The van der Waals surface area contributed by atoms with Crippen LogP contribution in [0.15, 0.2) is 29.1 Å². The molecule has 3 aromatic rings. The Morgan fingerprint density at radius 2 is 2.00 bits per heavy atom. The first-order valence-corrected chi connectivity index (χ1v) is 7.17. The Balaban J connectivity index is 1.95. The Kier molecular flexibility index (Phi) is 3.51. The number of hydrogen-bond donors (Lipinski definition) is 1. The standard InChI is InChI=1S/C16H20N4O/c1-10(2)17-7-13-8-21-16(19-13)20-9-18-14-5-11(3)12(4)6-15(14)20/h5-6,8-10,17H,7H2,1-4H3. The number of fused-ring (bicyclic) bond motifs is 1. The Hall–Kier alpha value is -2.14. The minimum atomic E-state index is 0.421. The summed E-state index contributed by atoms with van der Waals surface area (Å²) in [5.41, 5.74) is 5.34. The van der Waals surface area contributed by atoms with Gasteiger partial charge in [-0.25, -0.2) is 4.98 Å². The summed E-state index contributed by atoms with van der Waals surface area (Å²) >= 11 is 0. The van der Waals surface area contributed by atoms with Crippen molar-refractivity contribution >= 4 is 11.0 Å². The van der Waals surface area contributed by atoms with Crippen LogP contribution in [0.1, 0.15) is 30.7 Å². The first-order valence-electron chi connectivity index (χ1n) is 7.17. The highest BCUT2D eigenvalue weighted by Crippen LogP contribution is 2.21. The van der Waals surface area contributed by atoms with Crippen LogP contribution in [0.2, 0.25) is 0 Å². The second-order valence-corrected chi connectivity index (χ2v) is 5.70. The summed E-state index contributed by atoms with van der Waals surface area (Å²) in [5.74, 6) is 0. The number of rotatable bonds is 4. The van der Waals surface area contributed by atoms with Crippen molar-refractivity contribution in [2.24, 2.45) is 0 Å². The number of nitrogens with zero attached hydrogens (tertiary/aromatic N) is 3. The largest absolute Gasteiger partial charge is 0.431 e. The number of imidazole rings is 1. The molecule has 0 radical (unpaired) electrons. The van der Waals surface area contributed by atoms with E-state index in [2.05, 4.69) is 55.1 Å². The molecular formula is C16H20N4O. The topological polar surface area (TPSA) is 55.9 Å². The lowest BCUT2D eigenvalue weighted by atomic mass is 10.1. The average Bonchev–Trinajstić information content (AvgIpc) is 3.03. The van der Waals surface area contributed by atoms with Gasteiger partial charge in [0.25, 0.3) is 0 Å². The van der Waals surface area contributed by atoms with Crippen LogP contribution in [0, 0.1) is 13.8 Å². The second kappa shape index (κ2) is 5.33. The van der Waals surface area contributed by atoms with E-state index >= 15 is 0 Å². The highest BCUT2D eigenvalue weighted by molar-refractivity contribution is 5.78. The normalized spacial score (nSPS) is 11.7. The Morgan fingerprint density at radius 3 is 2.76 bits per heavy atom. The van der Waals surface area contributed by atoms with Gasteiger partial charge in [0.15, 0.2) is 0 Å². The third kappa shape index (κ3) is 2.69. The maximum Gasteiger partial charge on any atom is 0.307 e. The lowest BCUT2D eigenvalue weighted by Gasteiger charge is -2.04. The van der Waals surface area contributed by atoms with Gasteiger partial charge in [0.2, 0.25) is 0 Å². The van der Waals surface area contributed by atoms with Gasteiger partial charge in [-0.15, -0.1) is 0 Å². The molecule has 0 saturated heterocycles. The van der Waals surface area contributed by atoms with Crippen LogP contribution in [0.3, 0.4) is 0 Å². The molecule has 2 heterocycles. The molecule has 1 N–H and O–H groups in total. The van der Waals surface area contributed by atoms with Gasteiger partial charge in [-0.05, 0) is 37.1 Å². The molecule has 0 amide bonds. The molecule has 5 nitrogen and oxygen atoms in total. The molecule has 21 heavy (non-hydrogen) atoms. The van der Waals surface area contributed by atoms with Gasteiger partial charge in [0.1, 0.15) is 12.6 Å².